The van der Waals surface area contributed by atoms with Crippen LogP contribution in [0.25, 0.3) is 0 Å². The number of nitrogens with zero attached hydrogens (tertiary/aromatic N) is 1. The second-order valence-electron chi connectivity index (χ2n) is 7.28. The minimum atomic E-state index is -0.425. The number of thiazole rings is 1. The molecule has 1 aliphatic carbocycles. The molecule has 0 unspecified atom stereocenters. The quantitative estimate of drug-likeness (QED) is 0.782. The van der Waals surface area contributed by atoms with E-state index in [2.05, 4.69) is 17.2 Å². The SMILES string of the molecule is Cc1nc(C(C)(C)NC(=O)CC2(CN)CCCCC2)sc1C.Cl.Cl. The highest BCUT2D eigenvalue weighted by molar-refractivity contribution is 7.11. The lowest BCUT2D eigenvalue weighted by molar-refractivity contribution is -0.125. The molecule has 4 nitrogen and oxygen atoms in total. The van der Waals surface area contributed by atoms with Crippen LogP contribution in [0, 0.1) is 19.3 Å². The number of carbonyl (C=O) groups excluding carboxylic acids is 1. The van der Waals surface area contributed by atoms with Crippen molar-refractivity contribution in [1.82, 2.24) is 10.3 Å². The summed E-state index contributed by atoms with van der Waals surface area (Å²) in [5, 5.41) is 4.15. The number of nitrogens with two attached hydrogens (primary N) is 1. The van der Waals surface area contributed by atoms with Crippen LogP contribution in [0.15, 0.2) is 0 Å². The van der Waals surface area contributed by atoms with Gasteiger partial charge in [-0.05, 0) is 52.5 Å². The first-order valence-electron chi connectivity index (χ1n) is 8.24. The Labute approximate surface area is 162 Å². The van der Waals surface area contributed by atoms with Gasteiger partial charge in [-0.15, -0.1) is 36.2 Å². The van der Waals surface area contributed by atoms with Gasteiger partial charge in [0.05, 0.1) is 11.2 Å². The van der Waals surface area contributed by atoms with Gasteiger partial charge >= 0.3 is 0 Å². The molecule has 24 heavy (non-hydrogen) atoms. The number of hydrogen-bond donors (Lipinski definition) is 2. The zero-order valence-electron chi connectivity index (χ0n) is 15.1. The summed E-state index contributed by atoms with van der Waals surface area (Å²) in [6, 6.07) is 0. The van der Waals surface area contributed by atoms with Gasteiger partial charge in [0, 0.05) is 11.3 Å². The molecule has 0 aromatic carbocycles. The number of hydrogen-bond acceptors (Lipinski definition) is 4. The van der Waals surface area contributed by atoms with E-state index in [1.807, 2.05) is 20.8 Å². The van der Waals surface area contributed by atoms with Gasteiger partial charge in [-0.25, -0.2) is 4.98 Å². The maximum Gasteiger partial charge on any atom is 0.221 e. The summed E-state index contributed by atoms with van der Waals surface area (Å²) < 4.78 is 0. The van der Waals surface area contributed by atoms with E-state index in [1.165, 1.54) is 24.1 Å². The molecule has 0 atom stereocenters. The Morgan fingerprint density at radius 1 is 1.25 bits per heavy atom. The Hall–Kier alpha value is -0.360. The summed E-state index contributed by atoms with van der Waals surface area (Å²) in [5.74, 6) is 0.0999. The third-order valence-corrected chi connectivity index (χ3v) is 6.29. The van der Waals surface area contributed by atoms with Gasteiger partial charge in [-0.2, -0.15) is 0 Å². The Kier molecular flexibility index (Phi) is 9.23. The van der Waals surface area contributed by atoms with Gasteiger partial charge in [-0.1, -0.05) is 19.3 Å². The van der Waals surface area contributed by atoms with Crippen LogP contribution < -0.4 is 11.1 Å². The fourth-order valence-electron chi connectivity index (χ4n) is 3.28. The zero-order chi connectivity index (χ0) is 16.4. The number of halogens is 2. The third-order valence-electron chi connectivity index (χ3n) is 4.90. The standard InChI is InChI=1S/C17H29N3OS.2ClH/c1-12-13(2)22-15(19-12)16(3,4)20-14(21)10-17(11-18)8-6-5-7-9-17;;/h5-11,18H2,1-4H3,(H,20,21);2*1H. The fourth-order valence-corrected chi connectivity index (χ4v) is 4.25. The summed E-state index contributed by atoms with van der Waals surface area (Å²) in [5.41, 5.74) is 6.63. The van der Waals surface area contributed by atoms with Gasteiger partial charge in [-0.3, -0.25) is 4.79 Å². The van der Waals surface area contributed by atoms with Crippen LogP contribution in [-0.2, 0) is 10.3 Å². The number of carbonyl (C=O) groups is 1. The van der Waals surface area contributed by atoms with Crippen molar-refractivity contribution in [2.45, 2.75) is 71.8 Å². The number of rotatable bonds is 5. The molecule has 1 amide bonds. The summed E-state index contributed by atoms with van der Waals surface area (Å²) in [6.45, 7) is 8.74. The molecule has 1 fully saturated rings. The van der Waals surface area contributed by atoms with E-state index in [-0.39, 0.29) is 36.1 Å². The Morgan fingerprint density at radius 2 is 1.83 bits per heavy atom. The topological polar surface area (TPSA) is 68.0 Å². The van der Waals surface area contributed by atoms with Crippen molar-refractivity contribution in [3.63, 3.8) is 0 Å². The molecule has 3 N–H and O–H groups in total. The van der Waals surface area contributed by atoms with Crippen molar-refractivity contribution in [3.8, 4) is 0 Å². The number of amides is 1. The Bertz CT molecular complexity index is 520. The Balaban J connectivity index is 0.00000264. The van der Waals surface area contributed by atoms with Gasteiger partial charge < -0.3 is 11.1 Å². The molecule has 1 aromatic rings. The molecule has 1 aliphatic rings. The highest BCUT2D eigenvalue weighted by Crippen LogP contribution is 2.38. The monoisotopic (exact) mass is 395 g/mol. The second-order valence-corrected chi connectivity index (χ2v) is 8.48. The third kappa shape index (κ3) is 5.58. The van der Waals surface area contributed by atoms with Crippen molar-refractivity contribution in [3.05, 3.63) is 15.6 Å². The van der Waals surface area contributed by atoms with Crippen LogP contribution >= 0.6 is 36.2 Å². The lowest BCUT2D eigenvalue weighted by Crippen LogP contribution is -2.45. The first-order chi connectivity index (χ1) is 10.3. The molecule has 0 spiro atoms. The molecule has 1 aromatic heterocycles. The average Bonchev–Trinajstić information content (AvgIpc) is 2.80. The van der Waals surface area contributed by atoms with Crippen LogP contribution in [0.1, 0.15) is 68.0 Å². The second kappa shape index (κ2) is 9.37. The average molecular weight is 396 g/mol. The number of aromatic nitrogens is 1. The van der Waals surface area contributed by atoms with E-state index in [9.17, 15) is 4.79 Å². The number of aryl methyl sites for hydroxylation is 2. The first-order valence-corrected chi connectivity index (χ1v) is 9.05. The number of nitrogens with one attached hydrogen (secondary N) is 1. The molecule has 1 heterocycles. The maximum absolute atomic E-state index is 12.6. The predicted octanol–water partition coefficient (Wildman–Crippen LogP) is 4.25. The predicted molar refractivity (Wildman–Crippen MR) is 106 cm³/mol. The van der Waals surface area contributed by atoms with Gasteiger partial charge in [0.15, 0.2) is 0 Å². The lowest BCUT2D eigenvalue weighted by Gasteiger charge is -2.36. The van der Waals surface area contributed by atoms with E-state index in [0.29, 0.717) is 13.0 Å². The molecular formula is C17H31Cl2N3OS. The van der Waals surface area contributed by atoms with Gasteiger partial charge in [0.25, 0.3) is 0 Å². The first kappa shape index (κ1) is 23.6. The molecule has 1 saturated carbocycles. The smallest absolute Gasteiger partial charge is 0.221 e. The van der Waals surface area contributed by atoms with E-state index < -0.39 is 5.54 Å². The van der Waals surface area contributed by atoms with E-state index in [4.69, 9.17) is 5.73 Å². The largest absolute Gasteiger partial charge is 0.345 e. The van der Waals surface area contributed by atoms with Gasteiger partial charge in [0.2, 0.25) is 5.91 Å². The highest BCUT2D eigenvalue weighted by Gasteiger charge is 2.35. The molecule has 0 radical (unpaired) electrons. The lowest BCUT2D eigenvalue weighted by atomic mass is 9.71. The molecule has 0 saturated heterocycles. The molecule has 0 bridgehead atoms. The van der Waals surface area contributed by atoms with Crippen molar-refractivity contribution in [1.29, 1.82) is 0 Å². The molecular weight excluding hydrogens is 365 g/mol. The van der Waals surface area contributed by atoms with Crippen LogP contribution in [0.3, 0.4) is 0 Å². The van der Waals surface area contributed by atoms with Crippen molar-refractivity contribution in [2.75, 3.05) is 6.54 Å². The molecule has 2 rings (SSSR count). The van der Waals surface area contributed by atoms with Crippen LogP contribution in [0.4, 0.5) is 0 Å². The minimum absolute atomic E-state index is 0. The fraction of sp³-hybridized carbons (Fsp3) is 0.765. The van der Waals surface area contributed by atoms with Crippen molar-refractivity contribution >= 4 is 42.1 Å². The Morgan fingerprint density at radius 3 is 2.29 bits per heavy atom. The summed E-state index contributed by atoms with van der Waals surface area (Å²) >= 11 is 1.66. The minimum Gasteiger partial charge on any atom is -0.345 e. The van der Waals surface area contributed by atoms with E-state index >= 15 is 0 Å². The van der Waals surface area contributed by atoms with Crippen molar-refractivity contribution in [2.24, 2.45) is 11.1 Å². The van der Waals surface area contributed by atoms with Crippen molar-refractivity contribution < 1.29 is 4.79 Å². The highest BCUT2D eigenvalue weighted by atomic mass is 35.5. The van der Waals surface area contributed by atoms with Crippen LogP contribution in [-0.4, -0.2) is 17.4 Å². The van der Waals surface area contributed by atoms with E-state index in [1.54, 1.807) is 11.3 Å². The van der Waals surface area contributed by atoms with Crippen LogP contribution in [0.2, 0.25) is 0 Å². The van der Waals surface area contributed by atoms with Gasteiger partial charge in [0.1, 0.15) is 5.01 Å². The maximum atomic E-state index is 12.6. The normalized spacial score (nSPS) is 16.7. The zero-order valence-corrected chi connectivity index (χ0v) is 17.6. The van der Waals surface area contributed by atoms with E-state index in [0.717, 1.165) is 23.5 Å². The van der Waals surface area contributed by atoms with Crippen LogP contribution in [0.5, 0.6) is 0 Å². The summed E-state index contributed by atoms with van der Waals surface area (Å²) in [7, 11) is 0. The summed E-state index contributed by atoms with van der Waals surface area (Å²) in [6.07, 6.45) is 6.35. The molecule has 0 aliphatic heterocycles. The molecule has 7 heteroatoms. The summed E-state index contributed by atoms with van der Waals surface area (Å²) in [4.78, 5) is 18.4. The molecule has 140 valence electrons.